The number of aromatic carboxylic acids is 1. The molecular formula is C11H13BrO4. The molecule has 88 valence electrons. The SMILES string of the molecule is COCCC(O)c1ccc(Br)cc1C(=O)O. The summed E-state index contributed by atoms with van der Waals surface area (Å²) in [5.74, 6) is -1.05. The molecule has 0 bridgehead atoms. The smallest absolute Gasteiger partial charge is 0.336 e. The first-order valence-electron chi connectivity index (χ1n) is 4.76. The molecule has 0 amide bonds. The first-order chi connectivity index (χ1) is 7.56. The Bertz CT molecular complexity index is 378. The first kappa shape index (κ1) is 13.2. The van der Waals surface area contributed by atoms with Gasteiger partial charge in [0.05, 0.1) is 11.7 Å². The zero-order valence-corrected chi connectivity index (χ0v) is 10.4. The van der Waals surface area contributed by atoms with Gasteiger partial charge in [-0.05, 0) is 17.7 Å². The number of carboxylic acids is 1. The highest BCUT2D eigenvalue weighted by Crippen LogP contribution is 2.24. The molecule has 5 heteroatoms. The zero-order chi connectivity index (χ0) is 12.1. The Labute approximate surface area is 102 Å². The van der Waals surface area contributed by atoms with Gasteiger partial charge in [-0.2, -0.15) is 0 Å². The van der Waals surface area contributed by atoms with Crippen LogP contribution in [0.3, 0.4) is 0 Å². The van der Waals surface area contributed by atoms with Crippen molar-refractivity contribution in [1.82, 2.24) is 0 Å². The van der Waals surface area contributed by atoms with Crippen LogP contribution in [0.15, 0.2) is 22.7 Å². The van der Waals surface area contributed by atoms with Gasteiger partial charge < -0.3 is 14.9 Å². The number of carbonyl (C=O) groups is 1. The van der Waals surface area contributed by atoms with Crippen LogP contribution in [0.1, 0.15) is 28.4 Å². The summed E-state index contributed by atoms with van der Waals surface area (Å²) in [7, 11) is 1.53. The Morgan fingerprint density at radius 3 is 2.81 bits per heavy atom. The number of carboxylic acid groups (broad SMARTS) is 1. The van der Waals surface area contributed by atoms with Gasteiger partial charge in [0, 0.05) is 24.6 Å². The molecule has 1 unspecified atom stereocenters. The van der Waals surface area contributed by atoms with Crippen LogP contribution in [-0.2, 0) is 4.74 Å². The third-order valence-electron chi connectivity index (χ3n) is 2.20. The lowest BCUT2D eigenvalue weighted by Gasteiger charge is -2.13. The third-order valence-corrected chi connectivity index (χ3v) is 2.69. The van der Waals surface area contributed by atoms with Crippen LogP contribution in [0.5, 0.6) is 0 Å². The van der Waals surface area contributed by atoms with E-state index >= 15 is 0 Å². The highest BCUT2D eigenvalue weighted by Gasteiger charge is 2.16. The molecule has 0 aliphatic carbocycles. The summed E-state index contributed by atoms with van der Waals surface area (Å²) in [5.41, 5.74) is 0.519. The van der Waals surface area contributed by atoms with Crippen molar-refractivity contribution >= 4 is 21.9 Å². The van der Waals surface area contributed by atoms with Crippen molar-refractivity contribution in [2.45, 2.75) is 12.5 Å². The summed E-state index contributed by atoms with van der Waals surface area (Å²) in [6, 6.07) is 4.79. The Hall–Kier alpha value is -0.910. The van der Waals surface area contributed by atoms with E-state index in [-0.39, 0.29) is 5.56 Å². The standard InChI is InChI=1S/C11H13BrO4/c1-16-5-4-10(13)8-3-2-7(12)6-9(8)11(14)15/h2-3,6,10,13H,4-5H2,1H3,(H,14,15). The van der Waals surface area contributed by atoms with Crippen molar-refractivity contribution in [3.05, 3.63) is 33.8 Å². The molecule has 1 rings (SSSR count). The van der Waals surface area contributed by atoms with Crippen LogP contribution in [0, 0.1) is 0 Å². The summed E-state index contributed by atoms with van der Waals surface area (Å²) in [4.78, 5) is 11.0. The molecule has 0 aromatic heterocycles. The third kappa shape index (κ3) is 3.30. The Balaban J connectivity index is 2.98. The fourth-order valence-corrected chi connectivity index (χ4v) is 1.75. The second kappa shape index (κ2) is 5.98. The number of methoxy groups -OCH3 is 1. The lowest BCUT2D eigenvalue weighted by molar-refractivity contribution is 0.0682. The number of halogens is 1. The van der Waals surface area contributed by atoms with Crippen molar-refractivity contribution in [3.8, 4) is 0 Å². The molecule has 16 heavy (non-hydrogen) atoms. The van der Waals surface area contributed by atoms with Crippen LogP contribution in [0.25, 0.3) is 0 Å². The van der Waals surface area contributed by atoms with E-state index in [1.165, 1.54) is 13.2 Å². The average molecular weight is 289 g/mol. The number of hydrogen-bond acceptors (Lipinski definition) is 3. The van der Waals surface area contributed by atoms with E-state index in [0.29, 0.717) is 23.1 Å². The monoisotopic (exact) mass is 288 g/mol. The molecule has 0 fully saturated rings. The largest absolute Gasteiger partial charge is 0.478 e. The molecule has 1 aromatic rings. The summed E-state index contributed by atoms with van der Waals surface area (Å²) in [6.07, 6.45) is -0.447. The first-order valence-corrected chi connectivity index (χ1v) is 5.55. The minimum absolute atomic E-state index is 0.109. The molecule has 2 N–H and O–H groups in total. The van der Waals surface area contributed by atoms with Crippen LogP contribution < -0.4 is 0 Å². The quantitative estimate of drug-likeness (QED) is 0.872. The molecule has 0 radical (unpaired) electrons. The summed E-state index contributed by atoms with van der Waals surface area (Å²) < 4.78 is 5.52. The van der Waals surface area contributed by atoms with Gasteiger partial charge >= 0.3 is 5.97 Å². The van der Waals surface area contributed by atoms with Gasteiger partial charge in [0.2, 0.25) is 0 Å². The predicted octanol–water partition coefficient (Wildman–Crippen LogP) is 2.22. The van der Waals surface area contributed by atoms with Gasteiger partial charge in [0.25, 0.3) is 0 Å². The maximum Gasteiger partial charge on any atom is 0.336 e. The number of aliphatic hydroxyl groups is 1. The molecule has 0 saturated carbocycles. The lowest BCUT2D eigenvalue weighted by atomic mass is 10.0. The van der Waals surface area contributed by atoms with Crippen LogP contribution in [-0.4, -0.2) is 29.9 Å². The topological polar surface area (TPSA) is 66.8 Å². The van der Waals surface area contributed by atoms with Gasteiger partial charge in [-0.1, -0.05) is 22.0 Å². The summed E-state index contributed by atoms with van der Waals surface area (Å²) in [6.45, 7) is 0.385. The van der Waals surface area contributed by atoms with E-state index in [1.807, 2.05) is 0 Å². The van der Waals surface area contributed by atoms with Gasteiger partial charge in [0.15, 0.2) is 0 Å². The normalized spacial score (nSPS) is 12.4. The Kier molecular flexibility index (Phi) is 4.92. The fourth-order valence-electron chi connectivity index (χ4n) is 1.39. The predicted molar refractivity (Wildman–Crippen MR) is 62.6 cm³/mol. The van der Waals surface area contributed by atoms with Crippen molar-refractivity contribution in [2.75, 3.05) is 13.7 Å². The lowest BCUT2D eigenvalue weighted by Crippen LogP contribution is -2.09. The van der Waals surface area contributed by atoms with E-state index in [1.54, 1.807) is 12.1 Å². The second-order valence-electron chi connectivity index (χ2n) is 3.33. The maximum absolute atomic E-state index is 11.0. The van der Waals surface area contributed by atoms with Crippen LogP contribution in [0.2, 0.25) is 0 Å². The maximum atomic E-state index is 11.0. The van der Waals surface area contributed by atoms with Crippen molar-refractivity contribution < 1.29 is 19.7 Å². The Morgan fingerprint density at radius 1 is 1.56 bits per heavy atom. The van der Waals surface area contributed by atoms with Gasteiger partial charge in [0.1, 0.15) is 0 Å². The minimum Gasteiger partial charge on any atom is -0.478 e. The summed E-state index contributed by atoms with van der Waals surface area (Å²) >= 11 is 3.20. The molecular weight excluding hydrogens is 276 g/mol. The van der Waals surface area contributed by atoms with Crippen molar-refractivity contribution in [3.63, 3.8) is 0 Å². The average Bonchev–Trinajstić information content (AvgIpc) is 2.25. The minimum atomic E-state index is -1.05. The molecule has 0 saturated heterocycles. The number of benzene rings is 1. The van der Waals surface area contributed by atoms with Crippen molar-refractivity contribution in [1.29, 1.82) is 0 Å². The van der Waals surface area contributed by atoms with E-state index in [9.17, 15) is 9.90 Å². The number of ether oxygens (including phenoxy) is 1. The van der Waals surface area contributed by atoms with Crippen LogP contribution in [0.4, 0.5) is 0 Å². The molecule has 0 spiro atoms. The molecule has 0 aliphatic rings. The van der Waals surface area contributed by atoms with Crippen LogP contribution >= 0.6 is 15.9 Å². The molecule has 0 heterocycles. The highest BCUT2D eigenvalue weighted by molar-refractivity contribution is 9.10. The molecule has 0 aliphatic heterocycles. The fraction of sp³-hybridized carbons (Fsp3) is 0.364. The zero-order valence-electron chi connectivity index (χ0n) is 8.81. The highest BCUT2D eigenvalue weighted by atomic mass is 79.9. The number of rotatable bonds is 5. The van der Waals surface area contributed by atoms with E-state index < -0.39 is 12.1 Å². The van der Waals surface area contributed by atoms with E-state index in [0.717, 1.165) is 0 Å². The van der Waals surface area contributed by atoms with Gasteiger partial charge in [-0.15, -0.1) is 0 Å². The molecule has 4 nitrogen and oxygen atoms in total. The van der Waals surface area contributed by atoms with E-state index in [4.69, 9.17) is 9.84 Å². The van der Waals surface area contributed by atoms with Gasteiger partial charge in [-0.3, -0.25) is 0 Å². The van der Waals surface area contributed by atoms with Crippen molar-refractivity contribution in [2.24, 2.45) is 0 Å². The van der Waals surface area contributed by atoms with E-state index in [2.05, 4.69) is 15.9 Å². The molecule has 1 aromatic carbocycles. The second-order valence-corrected chi connectivity index (χ2v) is 4.25. The Morgan fingerprint density at radius 2 is 2.25 bits per heavy atom. The van der Waals surface area contributed by atoms with Gasteiger partial charge in [-0.25, -0.2) is 4.79 Å². The molecule has 1 atom stereocenters. The number of aliphatic hydroxyl groups excluding tert-OH is 1. The number of hydrogen-bond donors (Lipinski definition) is 2. The summed E-state index contributed by atoms with van der Waals surface area (Å²) in [5, 5.41) is 18.8.